The van der Waals surface area contributed by atoms with Gasteiger partial charge in [0.15, 0.2) is 0 Å². The van der Waals surface area contributed by atoms with Gasteiger partial charge >= 0.3 is 0 Å². The third-order valence-corrected chi connectivity index (χ3v) is 5.24. The molecule has 2 heterocycles. The van der Waals surface area contributed by atoms with Crippen molar-refractivity contribution in [2.75, 3.05) is 5.32 Å². The Hall–Kier alpha value is -2.47. The van der Waals surface area contributed by atoms with Crippen molar-refractivity contribution in [2.45, 2.75) is 26.2 Å². The van der Waals surface area contributed by atoms with Crippen LogP contribution in [0.15, 0.2) is 40.9 Å². The smallest absolute Gasteiger partial charge is 0.258 e. The van der Waals surface area contributed by atoms with Crippen LogP contribution in [-0.4, -0.2) is 16.0 Å². The summed E-state index contributed by atoms with van der Waals surface area (Å²) in [6.45, 7) is 2.05. The van der Waals surface area contributed by atoms with Gasteiger partial charge in [0.2, 0.25) is 11.7 Å². The van der Waals surface area contributed by atoms with Gasteiger partial charge < -0.3 is 9.84 Å². The lowest BCUT2D eigenvalue weighted by Crippen LogP contribution is -2.27. The van der Waals surface area contributed by atoms with Crippen molar-refractivity contribution < 1.29 is 9.32 Å². The number of hydrogen-bond donors (Lipinski definition) is 1. The molecule has 2 aromatic heterocycles. The molecule has 1 amide bonds. The van der Waals surface area contributed by atoms with Crippen LogP contribution in [0.1, 0.15) is 24.1 Å². The van der Waals surface area contributed by atoms with Gasteiger partial charge in [0.1, 0.15) is 0 Å². The van der Waals surface area contributed by atoms with Gasteiger partial charge in [-0.3, -0.25) is 4.79 Å². The van der Waals surface area contributed by atoms with E-state index >= 15 is 0 Å². The second kappa shape index (κ2) is 6.20. The Bertz CT molecular complexity index is 880. The number of carbonyl (C=O) groups excluding carboxylic acids is 1. The summed E-state index contributed by atoms with van der Waals surface area (Å²) in [4.78, 5) is 18.7. The molecule has 0 unspecified atom stereocenters. The van der Waals surface area contributed by atoms with Crippen LogP contribution in [-0.2, 0) is 4.79 Å². The van der Waals surface area contributed by atoms with E-state index in [1.54, 1.807) is 11.3 Å². The fraction of sp³-hybridized carbons (Fsp3) is 0.278. The lowest BCUT2D eigenvalue weighted by atomic mass is 9.85. The van der Waals surface area contributed by atoms with Crippen LogP contribution in [0, 0.1) is 12.8 Å². The van der Waals surface area contributed by atoms with Crippen molar-refractivity contribution in [3.8, 4) is 22.2 Å². The minimum atomic E-state index is 0.0960. The fourth-order valence-electron chi connectivity index (χ4n) is 2.64. The van der Waals surface area contributed by atoms with Crippen LogP contribution in [0.25, 0.3) is 22.2 Å². The molecule has 5 nitrogen and oxygen atoms in total. The number of nitrogens with zero attached hydrogens (tertiary/aromatic N) is 2. The monoisotopic (exact) mass is 339 g/mol. The van der Waals surface area contributed by atoms with Crippen molar-refractivity contribution in [1.29, 1.82) is 0 Å². The van der Waals surface area contributed by atoms with E-state index in [1.165, 1.54) is 4.88 Å². The molecule has 6 heteroatoms. The van der Waals surface area contributed by atoms with Gasteiger partial charge in [0, 0.05) is 22.0 Å². The summed E-state index contributed by atoms with van der Waals surface area (Å²) < 4.78 is 5.39. The number of hydrogen-bond acceptors (Lipinski definition) is 5. The molecule has 1 aliphatic rings. The highest BCUT2D eigenvalue weighted by Gasteiger charge is 2.25. The zero-order valence-electron chi connectivity index (χ0n) is 13.3. The molecule has 1 aromatic carbocycles. The Morgan fingerprint density at radius 1 is 1.29 bits per heavy atom. The third kappa shape index (κ3) is 2.97. The van der Waals surface area contributed by atoms with Crippen molar-refractivity contribution in [1.82, 2.24) is 10.1 Å². The van der Waals surface area contributed by atoms with E-state index in [0.717, 1.165) is 35.4 Å². The molecule has 0 saturated heterocycles. The molecule has 4 rings (SSSR count). The SMILES string of the molecule is Cc1ccc(-c2noc(-c3cccc(NC(=O)C4CCC4)c3)n2)s1. The fourth-order valence-corrected chi connectivity index (χ4v) is 3.43. The largest absolute Gasteiger partial charge is 0.334 e. The summed E-state index contributed by atoms with van der Waals surface area (Å²) in [7, 11) is 0. The first-order valence-corrected chi connectivity index (χ1v) is 8.82. The van der Waals surface area contributed by atoms with Crippen LogP contribution in [0.4, 0.5) is 5.69 Å². The average Bonchev–Trinajstić information content (AvgIpc) is 3.14. The van der Waals surface area contributed by atoms with E-state index in [9.17, 15) is 4.79 Å². The Labute approximate surface area is 143 Å². The van der Waals surface area contributed by atoms with Gasteiger partial charge in [-0.15, -0.1) is 11.3 Å². The molecule has 0 atom stereocenters. The molecule has 1 N–H and O–H groups in total. The van der Waals surface area contributed by atoms with Gasteiger partial charge in [-0.1, -0.05) is 17.6 Å². The number of nitrogens with one attached hydrogen (secondary N) is 1. The van der Waals surface area contributed by atoms with Crippen molar-refractivity contribution in [3.63, 3.8) is 0 Å². The lowest BCUT2D eigenvalue weighted by molar-refractivity contribution is -0.122. The molecule has 122 valence electrons. The summed E-state index contributed by atoms with van der Waals surface area (Å²) in [5.74, 6) is 1.30. The second-order valence-electron chi connectivity index (χ2n) is 6.03. The van der Waals surface area contributed by atoms with E-state index < -0.39 is 0 Å². The maximum Gasteiger partial charge on any atom is 0.258 e. The summed E-state index contributed by atoms with van der Waals surface area (Å²) in [6.07, 6.45) is 3.11. The molecule has 0 spiro atoms. The minimum Gasteiger partial charge on any atom is -0.334 e. The molecule has 24 heavy (non-hydrogen) atoms. The third-order valence-electron chi connectivity index (χ3n) is 4.24. The minimum absolute atomic E-state index is 0.0960. The molecule has 1 saturated carbocycles. The van der Waals surface area contributed by atoms with Crippen LogP contribution in [0.5, 0.6) is 0 Å². The number of carbonyl (C=O) groups is 1. The van der Waals surface area contributed by atoms with Crippen LogP contribution in [0.2, 0.25) is 0 Å². The first kappa shape index (κ1) is 15.1. The first-order chi connectivity index (χ1) is 11.7. The molecular formula is C18H17N3O2S. The van der Waals surface area contributed by atoms with E-state index in [-0.39, 0.29) is 11.8 Å². The standard InChI is InChI=1S/C18H17N3O2S/c1-11-8-9-15(24-11)16-20-18(23-21-16)13-6-3-7-14(10-13)19-17(22)12-4-2-5-12/h3,6-10,12H,2,4-5H2,1H3,(H,19,22). The highest BCUT2D eigenvalue weighted by molar-refractivity contribution is 7.15. The van der Waals surface area contributed by atoms with Gasteiger partial charge in [-0.2, -0.15) is 4.98 Å². The molecule has 3 aromatic rings. The van der Waals surface area contributed by atoms with Crippen molar-refractivity contribution >= 4 is 22.9 Å². The molecule has 0 aliphatic heterocycles. The highest BCUT2D eigenvalue weighted by atomic mass is 32.1. The number of aryl methyl sites for hydroxylation is 1. The maximum absolute atomic E-state index is 12.1. The topological polar surface area (TPSA) is 68.0 Å². The molecule has 1 aliphatic carbocycles. The summed E-state index contributed by atoms with van der Waals surface area (Å²) >= 11 is 1.63. The summed E-state index contributed by atoms with van der Waals surface area (Å²) in [6, 6.07) is 11.5. The first-order valence-electron chi connectivity index (χ1n) is 8.01. The molecule has 1 fully saturated rings. The number of aromatic nitrogens is 2. The van der Waals surface area contributed by atoms with Gasteiger partial charge in [-0.25, -0.2) is 0 Å². The quantitative estimate of drug-likeness (QED) is 0.759. The molecular weight excluding hydrogens is 322 g/mol. The Morgan fingerprint density at radius 3 is 2.88 bits per heavy atom. The van der Waals surface area contributed by atoms with E-state index in [0.29, 0.717) is 11.7 Å². The van der Waals surface area contributed by atoms with Crippen LogP contribution in [0.3, 0.4) is 0 Å². The maximum atomic E-state index is 12.1. The van der Waals surface area contributed by atoms with Crippen molar-refractivity contribution in [2.24, 2.45) is 5.92 Å². The van der Waals surface area contributed by atoms with E-state index in [1.807, 2.05) is 43.3 Å². The molecule has 0 bridgehead atoms. The van der Waals surface area contributed by atoms with E-state index in [2.05, 4.69) is 15.5 Å². The van der Waals surface area contributed by atoms with Crippen molar-refractivity contribution in [3.05, 3.63) is 41.3 Å². The lowest BCUT2D eigenvalue weighted by Gasteiger charge is -2.24. The average molecular weight is 339 g/mol. The Balaban J connectivity index is 1.55. The number of amides is 1. The predicted molar refractivity (Wildman–Crippen MR) is 93.8 cm³/mol. The second-order valence-corrected chi connectivity index (χ2v) is 7.32. The zero-order chi connectivity index (χ0) is 16.5. The Morgan fingerprint density at radius 2 is 2.17 bits per heavy atom. The number of anilines is 1. The number of benzene rings is 1. The zero-order valence-corrected chi connectivity index (χ0v) is 14.1. The highest BCUT2D eigenvalue weighted by Crippen LogP contribution is 2.30. The van der Waals surface area contributed by atoms with E-state index in [4.69, 9.17) is 4.52 Å². The number of rotatable bonds is 4. The van der Waals surface area contributed by atoms with Gasteiger partial charge in [0.25, 0.3) is 5.89 Å². The van der Waals surface area contributed by atoms with Crippen LogP contribution < -0.4 is 5.32 Å². The van der Waals surface area contributed by atoms with Crippen LogP contribution >= 0.6 is 11.3 Å². The number of thiophene rings is 1. The van der Waals surface area contributed by atoms with Gasteiger partial charge in [-0.05, 0) is 50.1 Å². The van der Waals surface area contributed by atoms with Gasteiger partial charge in [0.05, 0.1) is 4.88 Å². The Kier molecular flexibility index (Phi) is 3.90. The predicted octanol–water partition coefficient (Wildman–Crippen LogP) is 4.51. The summed E-state index contributed by atoms with van der Waals surface area (Å²) in [5, 5.41) is 7.02. The normalized spacial score (nSPS) is 14.4. The molecule has 0 radical (unpaired) electrons. The summed E-state index contributed by atoms with van der Waals surface area (Å²) in [5.41, 5.74) is 1.56.